The summed E-state index contributed by atoms with van der Waals surface area (Å²) in [4.78, 5) is 36.7. The predicted molar refractivity (Wildman–Crippen MR) is 93.3 cm³/mol. The van der Waals surface area contributed by atoms with Crippen LogP contribution in [0.25, 0.3) is 0 Å². The fraction of sp³-hybridized carbons (Fsp3) is 0.500. The molecule has 154 valence electrons. The van der Waals surface area contributed by atoms with Crippen LogP contribution in [0, 0.1) is 5.92 Å². The van der Waals surface area contributed by atoms with E-state index >= 15 is 0 Å². The fourth-order valence-corrected chi connectivity index (χ4v) is 2.72. The predicted octanol–water partition coefficient (Wildman–Crippen LogP) is 1.10. The molecule has 0 bridgehead atoms. The number of benzene rings is 1. The van der Waals surface area contributed by atoms with Gasteiger partial charge in [0.2, 0.25) is 0 Å². The van der Waals surface area contributed by atoms with Crippen molar-refractivity contribution in [3.05, 3.63) is 30.3 Å². The van der Waals surface area contributed by atoms with E-state index < -0.39 is 24.5 Å². The average molecular weight is 401 g/mol. The summed E-state index contributed by atoms with van der Waals surface area (Å²) in [5.74, 6) is -1.91. The Balaban J connectivity index is 1.64. The third-order valence-electron chi connectivity index (χ3n) is 4.28. The van der Waals surface area contributed by atoms with E-state index in [0.717, 1.165) is 0 Å². The molecule has 1 aromatic carbocycles. The Morgan fingerprint density at radius 2 is 1.64 bits per heavy atom. The molecule has 0 unspecified atom stereocenters. The first kappa shape index (κ1) is 21.5. The quantitative estimate of drug-likeness (QED) is 0.699. The first-order chi connectivity index (χ1) is 13.2. The molecule has 1 aliphatic heterocycles. The standard InChI is InChI=1S/C18H22F3N3O4/c19-18(20,21)12-23-17(27)16(26)22-10-13-6-8-24(9-7-13)15(25)11-28-14-4-2-1-3-5-14/h1-5,13H,6-12H2,(H,22,26)(H,23,27). The summed E-state index contributed by atoms with van der Waals surface area (Å²) in [5.41, 5.74) is 0. The summed E-state index contributed by atoms with van der Waals surface area (Å²) < 4.78 is 41.5. The van der Waals surface area contributed by atoms with E-state index in [-0.39, 0.29) is 25.0 Å². The number of rotatable bonds is 6. The van der Waals surface area contributed by atoms with Crippen LogP contribution in [0.1, 0.15) is 12.8 Å². The fourth-order valence-electron chi connectivity index (χ4n) is 2.72. The topological polar surface area (TPSA) is 87.7 Å². The van der Waals surface area contributed by atoms with Crippen LogP contribution in [-0.4, -0.2) is 61.6 Å². The van der Waals surface area contributed by atoms with Gasteiger partial charge in [0, 0.05) is 19.6 Å². The minimum atomic E-state index is -4.57. The minimum Gasteiger partial charge on any atom is -0.484 e. The van der Waals surface area contributed by atoms with Crippen molar-refractivity contribution in [1.29, 1.82) is 0 Å². The van der Waals surface area contributed by atoms with E-state index in [4.69, 9.17) is 4.74 Å². The van der Waals surface area contributed by atoms with E-state index in [1.165, 1.54) is 5.32 Å². The highest BCUT2D eigenvalue weighted by atomic mass is 19.4. The lowest BCUT2D eigenvalue weighted by molar-refractivity contribution is -0.146. The molecule has 0 aliphatic carbocycles. The lowest BCUT2D eigenvalue weighted by Gasteiger charge is -2.32. The maximum absolute atomic E-state index is 12.2. The molecule has 0 aromatic heterocycles. The van der Waals surface area contributed by atoms with Gasteiger partial charge in [0.25, 0.3) is 5.91 Å². The second-order valence-corrected chi connectivity index (χ2v) is 6.43. The van der Waals surface area contributed by atoms with E-state index in [1.54, 1.807) is 17.0 Å². The summed E-state index contributed by atoms with van der Waals surface area (Å²) in [6, 6.07) is 8.98. The Morgan fingerprint density at radius 1 is 1.04 bits per heavy atom. The third-order valence-corrected chi connectivity index (χ3v) is 4.28. The molecule has 1 saturated heterocycles. The van der Waals surface area contributed by atoms with E-state index in [9.17, 15) is 27.6 Å². The molecule has 2 rings (SSSR count). The van der Waals surface area contributed by atoms with E-state index in [1.807, 2.05) is 18.2 Å². The van der Waals surface area contributed by atoms with Gasteiger partial charge in [-0.3, -0.25) is 14.4 Å². The van der Waals surface area contributed by atoms with Gasteiger partial charge in [-0.25, -0.2) is 0 Å². The Bertz CT molecular complexity index is 674. The van der Waals surface area contributed by atoms with Crippen LogP contribution in [0.3, 0.4) is 0 Å². The molecule has 3 amide bonds. The van der Waals surface area contributed by atoms with Gasteiger partial charge in [-0.05, 0) is 30.9 Å². The van der Waals surface area contributed by atoms with Crippen LogP contribution in [0.2, 0.25) is 0 Å². The van der Waals surface area contributed by atoms with Crippen molar-refractivity contribution in [3.63, 3.8) is 0 Å². The van der Waals surface area contributed by atoms with Crippen molar-refractivity contribution in [2.45, 2.75) is 19.0 Å². The first-order valence-electron chi connectivity index (χ1n) is 8.83. The molecule has 2 N–H and O–H groups in total. The molecule has 0 radical (unpaired) electrons. The van der Waals surface area contributed by atoms with Gasteiger partial charge >= 0.3 is 18.0 Å². The average Bonchev–Trinajstić information content (AvgIpc) is 2.69. The van der Waals surface area contributed by atoms with Crippen molar-refractivity contribution in [2.24, 2.45) is 5.92 Å². The second kappa shape index (κ2) is 9.95. The molecule has 0 atom stereocenters. The molecule has 0 spiro atoms. The number of nitrogens with one attached hydrogen (secondary N) is 2. The molecular weight excluding hydrogens is 379 g/mol. The molecule has 10 heteroatoms. The lowest BCUT2D eigenvalue weighted by atomic mass is 9.97. The summed E-state index contributed by atoms with van der Waals surface area (Å²) in [6.45, 7) is -0.480. The van der Waals surface area contributed by atoms with Gasteiger partial charge in [0.1, 0.15) is 12.3 Å². The van der Waals surface area contributed by atoms with Crippen molar-refractivity contribution >= 4 is 17.7 Å². The summed E-state index contributed by atoms with van der Waals surface area (Å²) in [5, 5.41) is 3.85. The van der Waals surface area contributed by atoms with Crippen LogP contribution in [0.4, 0.5) is 13.2 Å². The molecule has 0 saturated carbocycles. The SMILES string of the molecule is O=C(NCC1CCN(C(=O)COc2ccccc2)CC1)C(=O)NCC(F)(F)F. The number of likely N-dealkylation sites (tertiary alicyclic amines) is 1. The van der Waals surface area contributed by atoms with Gasteiger partial charge in [-0.1, -0.05) is 18.2 Å². The summed E-state index contributed by atoms with van der Waals surface area (Å²) in [6.07, 6.45) is -3.34. The normalized spacial score (nSPS) is 15.0. The highest BCUT2D eigenvalue weighted by Gasteiger charge is 2.29. The zero-order chi connectivity index (χ0) is 20.6. The largest absolute Gasteiger partial charge is 0.484 e. The van der Waals surface area contributed by atoms with Crippen LogP contribution in [0.5, 0.6) is 5.75 Å². The number of para-hydroxylation sites is 1. The molecule has 1 fully saturated rings. The summed E-state index contributed by atoms with van der Waals surface area (Å²) in [7, 11) is 0. The van der Waals surface area contributed by atoms with E-state index in [2.05, 4.69) is 5.32 Å². The van der Waals surface area contributed by atoms with Crippen LogP contribution in [-0.2, 0) is 14.4 Å². The second-order valence-electron chi connectivity index (χ2n) is 6.43. The monoisotopic (exact) mass is 401 g/mol. The molecular formula is C18H22F3N3O4. The van der Waals surface area contributed by atoms with Crippen LogP contribution in [0.15, 0.2) is 30.3 Å². The van der Waals surface area contributed by atoms with E-state index in [0.29, 0.717) is 31.7 Å². The maximum atomic E-state index is 12.2. The van der Waals surface area contributed by atoms with Gasteiger partial charge in [-0.15, -0.1) is 0 Å². The Labute approximate surface area is 160 Å². The Hall–Kier alpha value is -2.78. The highest BCUT2D eigenvalue weighted by Crippen LogP contribution is 2.17. The molecule has 28 heavy (non-hydrogen) atoms. The zero-order valence-electron chi connectivity index (χ0n) is 15.1. The summed E-state index contributed by atoms with van der Waals surface area (Å²) >= 11 is 0. The number of ether oxygens (including phenoxy) is 1. The first-order valence-corrected chi connectivity index (χ1v) is 8.83. The van der Waals surface area contributed by atoms with Crippen LogP contribution >= 0.6 is 0 Å². The number of hydrogen-bond acceptors (Lipinski definition) is 4. The highest BCUT2D eigenvalue weighted by molar-refractivity contribution is 6.35. The number of piperidine rings is 1. The van der Waals surface area contributed by atoms with Gasteiger partial charge in [0.15, 0.2) is 6.61 Å². The van der Waals surface area contributed by atoms with Crippen LogP contribution < -0.4 is 15.4 Å². The minimum absolute atomic E-state index is 0.0402. The van der Waals surface area contributed by atoms with Crippen molar-refractivity contribution in [1.82, 2.24) is 15.5 Å². The Kier molecular flexibility index (Phi) is 7.65. The lowest BCUT2D eigenvalue weighted by Crippen LogP contribution is -2.46. The van der Waals surface area contributed by atoms with Gasteiger partial charge < -0.3 is 20.3 Å². The van der Waals surface area contributed by atoms with Gasteiger partial charge in [0.05, 0.1) is 0 Å². The number of amides is 3. The van der Waals surface area contributed by atoms with Gasteiger partial charge in [-0.2, -0.15) is 13.2 Å². The maximum Gasteiger partial charge on any atom is 0.405 e. The molecule has 1 aliphatic rings. The molecule has 1 aromatic rings. The number of alkyl halides is 3. The third kappa shape index (κ3) is 7.45. The smallest absolute Gasteiger partial charge is 0.405 e. The van der Waals surface area contributed by atoms with Crippen molar-refractivity contribution in [2.75, 3.05) is 32.8 Å². The number of nitrogens with zero attached hydrogens (tertiary/aromatic N) is 1. The number of hydrogen-bond donors (Lipinski definition) is 2. The molecule has 1 heterocycles. The molecule has 7 nitrogen and oxygen atoms in total. The van der Waals surface area contributed by atoms with Crippen molar-refractivity contribution in [3.8, 4) is 5.75 Å². The van der Waals surface area contributed by atoms with Crippen molar-refractivity contribution < 1.29 is 32.3 Å². The number of halogens is 3. The zero-order valence-corrected chi connectivity index (χ0v) is 15.1. The number of carbonyl (C=O) groups is 3. The Morgan fingerprint density at radius 3 is 2.25 bits per heavy atom. The number of carbonyl (C=O) groups excluding carboxylic acids is 3.